The Morgan fingerprint density at radius 2 is 1.44 bits per heavy atom. The third-order valence-corrected chi connectivity index (χ3v) is 16.5. The molecule has 0 radical (unpaired) electrons. The lowest BCUT2D eigenvalue weighted by atomic mass is 10.0. The number of unbranched alkanes of at least 4 members (excludes halogenated alkanes) is 2. The standard InChI is InChI=1S/C46H56N14O18P2S2/c1-21(2)30(54-27(61)7-5-4-6-14-58-28(62)12-13-29(58)63)41(67)52-22(3)40(66)53-24-10-8-23(9-11-24)15-72-46(69)55-37-31-38(49-18-48-37)59(19-50-31)44-36-33(64)25(75-44)16-73-79(70,81)77-35-26(17-74-80(71,82)78-36)76-43(34(35)65)60-20-51-32-39(60)56-45(47)57-42(32)68/h8-13,18-22,25-26,30,33-36,43-44,64-65H,4-7,14-17H2,1-3H3,(H,52,67)(H,53,66)(H,54,61)(H,70,81)(H,71,82)(H3,47,56,57,68)(H,48,49,55,69)/t22-,25+,26+,30-,33?,34?,35?,36?,43+,44+,79?,80?/m0/s1. The second-order valence-electron chi connectivity index (χ2n) is 19.5. The van der Waals surface area contributed by atoms with E-state index in [1.807, 2.05) is 0 Å². The van der Waals surface area contributed by atoms with Gasteiger partial charge in [-0.15, -0.1) is 0 Å². The maximum Gasteiger partial charge on any atom is 0.413 e. The zero-order valence-corrected chi connectivity index (χ0v) is 47.2. The molecule has 9 N–H and O–H groups in total. The van der Waals surface area contributed by atoms with Crippen molar-refractivity contribution in [1.82, 2.24) is 54.6 Å². The number of imidazole rings is 2. The van der Waals surface area contributed by atoms with Crippen molar-refractivity contribution in [3.05, 3.63) is 71.3 Å². The fourth-order valence-corrected chi connectivity index (χ4v) is 12.1. The van der Waals surface area contributed by atoms with Crippen LogP contribution in [0.5, 0.6) is 0 Å². The molecule has 4 aromatic heterocycles. The van der Waals surface area contributed by atoms with Crippen LogP contribution in [0.4, 0.5) is 22.2 Å². The Balaban J connectivity index is 0.772. The molecule has 3 saturated heterocycles. The predicted octanol–water partition coefficient (Wildman–Crippen LogP) is 1.77. The summed E-state index contributed by atoms with van der Waals surface area (Å²) in [6.07, 6.45) is -5.55. The molecule has 3 fully saturated rings. The number of carbonyl (C=O) groups excluding carboxylic acids is 6. The van der Waals surface area contributed by atoms with Crippen molar-refractivity contribution in [2.45, 2.75) is 114 Å². The van der Waals surface area contributed by atoms with E-state index in [9.17, 15) is 52.9 Å². The number of nitrogens with one attached hydrogen (secondary N) is 5. The number of nitrogen functional groups attached to an aromatic ring is 1. The Labute approximate surface area is 474 Å². The van der Waals surface area contributed by atoms with Gasteiger partial charge in [-0.05, 0) is 43.4 Å². The van der Waals surface area contributed by atoms with Crippen LogP contribution in [0.2, 0.25) is 0 Å². The number of fused-ring (bicyclic) bond motifs is 5. The molecular weight excluding hydrogens is 1160 g/mol. The lowest BCUT2D eigenvalue weighted by molar-refractivity contribution is -0.137. The van der Waals surface area contributed by atoms with Gasteiger partial charge in [0.1, 0.15) is 61.6 Å². The van der Waals surface area contributed by atoms with Crippen LogP contribution in [0, 0.1) is 5.92 Å². The van der Waals surface area contributed by atoms with E-state index in [1.54, 1.807) is 38.1 Å². The molecule has 5 aromatic rings. The molecule has 32 nitrogen and oxygen atoms in total. The van der Waals surface area contributed by atoms with Gasteiger partial charge in [0.25, 0.3) is 17.4 Å². The molecule has 0 saturated carbocycles. The highest BCUT2D eigenvalue weighted by Gasteiger charge is 2.53. The summed E-state index contributed by atoms with van der Waals surface area (Å²) in [5.41, 5.74) is 5.72. The Hall–Kier alpha value is -6.68. The monoisotopic (exact) mass is 1220 g/mol. The molecule has 6 unspecified atom stereocenters. The first-order valence-corrected chi connectivity index (χ1v) is 30.7. The minimum absolute atomic E-state index is 0.000603. The molecule has 82 heavy (non-hydrogen) atoms. The summed E-state index contributed by atoms with van der Waals surface area (Å²) in [6, 6.07) is 4.35. The molecule has 1 aromatic carbocycles. The molecule has 6 amide bonds. The molecular formula is C46H56N14O18P2S2. The largest absolute Gasteiger partial charge is 0.444 e. The van der Waals surface area contributed by atoms with E-state index in [4.69, 9.17) is 38.0 Å². The number of ether oxygens (including phenoxy) is 3. The maximum atomic E-state index is 14.0. The topological polar surface area (TPSA) is 426 Å². The zero-order valence-electron chi connectivity index (χ0n) is 43.6. The third kappa shape index (κ3) is 13.7. The molecule has 0 aliphatic carbocycles. The Kier molecular flexibility index (Phi) is 18.3. The van der Waals surface area contributed by atoms with Gasteiger partial charge in [0.2, 0.25) is 23.7 Å². The highest BCUT2D eigenvalue weighted by molar-refractivity contribution is 8.44. The molecule has 8 heterocycles. The average Bonchev–Trinajstić information content (AvgIpc) is 3.15. The zero-order chi connectivity index (χ0) is 58.8. The van der Waals surface area contributed by atoms with Crippen molar-refractivity contribution in [2.75, 3.05) is 36.1 Å². The van der Waals surface area contributed by atoms with Gasteiger partial charge in [-0.25, -0.2) is 33.9 Å². The molecule has 4 aliphatic heterocycles. The minimum atomic E-state index is -4.55. The van der Waals surface area contributed by atoms with Crippen LogP contribution in [-0.4, -0.2) is 158 Å². The van der Waals surface area contributed by atoms with Gasteiger partial charge in [0, 0.05) is 30.8 Å². The van der Waals surface area contributed by atoms with Crippen molar-refractivity contribution in [2.24, 2.45) is 5.92 Å². The number of aliphatic hydroxyl groups is 2. The Bertz CT molecular complexity index is 3440. The fourth-order valence-electron chi connectivity index (χ4n) is 9.12. The number of H-pyrrole nitrogens is 1. The van der Waals surface area contributed by atoms with E-state index in [0.717, 1.165) is 17.6 Å². The van der Waals surface area contributed by atoms with Gasteiger partial charge < -0.3 is 46.1 Å². The lowest BCUT2D eigenvalue weighted by Gasteiger charge is -2.26. The number of rotatable bonds is 17. The Morgan fingerprint density at radius 1 is 0.793 bits per heavy atom. The SMILES string of the molecule is CC(C)[C@H](NC(=O)CCCCCN1C(=O)C=CC1=O)C(=O)N[C@@H](C)C(=O)Nc1ccc(COC(=O)Nc2ncnc3c2ncn3[C@@H]2O[C@@H]3COP(=O)(S)OC4C(O)[C@H](n5cnc6c(=O)[nH]c(N)nc65)O[C@@H]4COP(=O)(S)OC2C3O)cc1. The number of anilines is 3. The average molecular weight is 1220 g/mol. The summed E-state index contributed by atoms with van der Waals surface area (Å²) in [6.45, 7) is -5.41. The normalized spacial score (nSPS) is 27.3. The van der Waals surface area contributed by atoms with Crippen molar-refractivity contribution in [1.29, 1.82) is 0 Å². The number of amides is 6. The number of benzene rings is 1. The van der Waals surface area contributed by atoms with E-state index in [2.05, 4.69) is 75.7 Å². The number of imide groups is 1. The molecule has 440 valence electrons. The van der Waals surface area contributed by atoms with Crippen LogP contribution in [0.1, 0.15) is 64.5 Å². The molecule has 2 bridgehead atoms. The molecule has 4 aliphatic rings. The van der Waals surface area contributed by atoms with Crippen LogP contribution in [0.25, 0.3) is 22.3 Å². The van der Waals surface area contributed by atoms with Gasteiger partial charge in [-0.1, -0.05) is 56.9 Å². The third-order valence-electron chi connectivity index (χ3n) is 13.3. The number of nitrogens with two attached hydrogens (primary N) is 1. The number of hydrogen-bond acceptors (Lipinski definition) is 24. The van der Waals surface area contributed by atoms with E-state index < -0.39 is 111 Å². The van der Waals surface area contributed by atoms with Crippen LogP contribution in [0.3, 0.4) is 0 Å². The van der Waals surface area contributed by atoms with Gasteiger partial charge in [0.15, 0.2) is 40.6 Å². The van der Waals surface area contributed by atoms with Crippen molar-refractivity contribution >= 4 is 114 Å². The number of aromatic amines is 1. The summed E-state index contributed by atoms with van der Waals surface area (Å²) in [5.74, 6) is -2.89. The smallest absolute Gasteiger partial charge is 0.413 e. The fraction of sp³-hybridized carbons (Fsp3) is 0.478. The Morgan fingerprint density at radius 3 is 2.13 bits per heavy atom. The number of nitrogens with zero attached hydrogens (tertiary/aromatic N) is 8. The molecule has 0 spiro atoms. The summed E-state index contributed by atoms with van der Waals surface area (Å²) in [4.78, 5) is 112. The second kappa shape index (κ2) is 25.0. The van der Waals surface area contributed by atoms with Gasteiger partial charge in [-0.3, -0.25) is 71.2 Å². The molecule has 12 atom stereocenters. The van der Waals surface area contributed by atoms with Gasteiger partial charge in [0.05, 0.1) is 25.9 Å². The summed E-state index contributed by atoms with van der Waals surface area (Å²) in [5, 5.41) is 33.5. The highest BCUT2D eigenvalue weighted by atomic mass is 32.7. The van der Waals surface area contributed by atoms with E-state index in [-0.39, 0.29) is 77.3 Å². The number of thiol groups is 2. The van der Waals surface area contributed by atoms with Crippen molar-refractivity contribution in [3.8, 4) is 0 Å². The second-order valence-corrected chi connectivity index (χ2v) is 25.2. The van der Waals surface area contributed by atoms with Crippen molar-refractivity contribution < 1.29 is 80.4 Å². The maximum absolute atomic E-state index is 14.0. The summed E-state index contributed by atoms with van der Waals surface area (Å²) < 4.78 is 70.4. The first-order valence-electron chi connectivity index (χ1n) is 25.3. The minimum Gasteiger partial charge on any atom is -0.444 e. The van der Waals surface area contributed by atoms with Crippen LogP contribution in [0.15, 0.2) is 60.2 Å². The number of carbonyl (C=O) groups is 6. The van der Waals surface area contributed by atoms with Crippen LogP contribution < -0.4 is 32.6 Å². The van der Waals surface area contributed by atoms with Crippen LogP contribution in [-0.2, 0) is 72.0 Å². The first kappa shape index (κ1) is 59.9. The van der Waals surface area contributed by atoms with E-state index in [0.29, 0.717) is 30.5 Å². The number of aromatic nitrogens is 8. The van der Waals surface area contributed by atoms with Gasteiger partial charge in [-0.2, -0.15) is 4.98 Å². The first-order chi connectivity index (χ1) is 39.0. The summed E-state index contributed by atoms with van der Waals surface area (Å²) >= 11 is 8.24. The number of aliphatic hydroxyl groups excluding tert-OH is 2. The highest BCUT2D eigenvalue weighted by Crippen LogP contribution is 2.60. The van der Waals surface area contributed by atoms with Crippen LogP contribution >= 0.6 is 38.1 Å². The predicted molar refractivity (Wildman–Crippen MR) is 290 cm³/mol. The molecule has 36 heteroatoms. The van der Waals surface area contributed by atoms with E-state index in [1.165, 1.54) is 34.5 Å². The quantitative estimate of drug-likeness (QED) is 0.0274. The van der Waals surface area contributed by atoms with E-state index >= 15 is 0 Å². The summed E-state index contributed by atoms with van der Waals surface area (Å²) in [7, 11) is 0. The lowest BCUT2D eigenvalue weighted by Crippen LogP contribution is -2.53. The molecule has 9 rings (SSSR count). The van der Waals surface area contributed by atoms with Gasteiger partial charge >= 0.3 is 19.7 Å². The van der Waals surface area contributed by atoms with Crippen molar-refractivity contribution in [3.63, 3.8) is 0 Å². The number of hydrogen-bond donors (Lipinski definition) is 10.